The van der Waals surface area contributed by atoms with Crippen LogP contribution in [0.25, 0.3) is 11.8 Å². The first-order valence-electron chi connectivity index (χ1n) is 11.6. The summed E-state index contributed by atoms with van der Waals surface area (Å²) in [6, 6.07) is 10.0. The predicted molar refractivity (Wildman–Crippen MR) is 126 cm³/mol. The molecule has 170 valence electrons. The van der Waals surface area contributed by atoms with E-state index in [-0.39, 0.29) is 11.8 Å². The molecule has 0 saturated carbocycles. The highest BCUT2D eigenvalue weighted by atomic mass is 16.2. The molecule has 2 amide bonds. The first kappa shape index (κ1) is 22.3. The lowest BCUT2D eigenvalue weighted by atomic mass is 10.1. The fraction of sp³-hybridized carbons (Fsp3) is 0.480. The number of hydrogen-bond donors (Lipinski definition) is 0. The topological polar surface area (TPSA) is 61.7 Å². The number of para-hydroxylation sites is 1. The third-order valence-electron chi connectivity index (χ3n) is 6.49. The van der Waals surface area contributed by atoms with Crippen molar-refractivity contribution in [3.63, 3.8) is 0 Å². The molecule has 2 aliphatic heterocycles. The van der Waals surface area contributed by atoms with E-state index in [2.05, 4.69) is 10.00 Å². The van der Waals surface area contributed by atoms with E-state index in [0.717, 1.165) is 61.7 Å². The number of carbonyl (C=O) groups is 2. The highest BCUT2D eigenvalue weighted by molar-refractivity contribution is 5.92. The van der Waals surface area contributed by atoms with Crippen LogP contribution >= 0.6 is 0 Å². The maximum absolute atomic E-state index is 12.8. The van der Waals surface area contributed by atoms with Gasteiger partial charge in [0.25, 0.3) is 0 Å². The molecule has 0 spiro atoms. The molecule has 0 unspecified atom stereocenters. The van der Waals surface area contributed by atoms with Gasteiger partial charge in [0.15, 0.2) is 0 Å². The van der Waals surface area contributed by atoms with Crippen LogP contribution in [0, 0.1) is 13.8 Å². The maximum Gasteiger partial charge on any atom is 0.246 e. The molecule has 2 saturated heterocycles. The molecule has 2 aromatic rings. The third-order valence-corrected chi connectivity index (χ3v) is 6.49. The monoisotopic (exact) mass is 435 g/mol. The van der Waals surface area contributed by atoms with Crippen molar-refractivity contribution in [2.75, 3.05) is 45.8 Å². The summed E-state index contributed by atoms with van der Waals surface area (Å²) < 4.78 is 1.91. The van der Waals surface area contributed by atoms with Crippen LogP contribution in [0.5, 0.6) is 0 Å². The number of piperazine rings is 1. The third kappa shape index (κ3) is 5.10. The molecule has 0 radical (unpaired) electrons. The van der Waals surface area contributed by atoms with Gasteiger partial charge in [0, 0.05) is 56.6 Å². The number of amides is 2. The zero-order valence-electron chi connectivity index (χ0n) is 19.2. The molecular weight excluding hydrogens is 402 g/mol. The molecule has 0 aliphatic carbocycles. The summed E-state index contributed by atoms with van der Waals surface area (Å²) in [5, 5.41) is 4.64. The molecule has 7 nitrogen and oxygen atoms in total. The number of carbonyl (C=O) groups excluding carboxylic acids is 2. The standard InChI is InChI=1S/C25H33N5O2/c1-20-23(21(2)30(26-20)22-9-5-3-6-10-22)11-12-24(31)29-17-15-27(16-18-29)19-25(32)28-13-7-4-8-14-28/h3,5-6,9-12H,4,7-8,13-19H2,1-2H3/b12-11+. The zero-order valence-corrected chi connectivity index (χ0v) is 19.2. The minimum Gasteiger partial charge on any atom is -0.342 e. The van der Waals surface area contributed by atoms with Gasteiger partial charge in [0.2, 0.25) is 11.8 Å². The molecule has 2 aliphatic rings. The van der Waals surface area contributed by atoms with Gasteiger partial charge in [-0.3, -0.25) is 14.5 Å². The van der Waals surface area contributed by atoms with Crippen LogP contribution < -0.4 is 0 Å². The molecule has 0 atom stereocenters. The number of piperidine rings is 1. The van der Waals surface area contributed by atoms with E-state index in [1.165, 1.54) is 6.42 Å². The largest absolute Gasteiger partial charge is 0.342 e. The molecule has 1 aromatic heterocycles. The molecule has 3 heterocycles. The fourth-order valence-electron chi connectivity index (χ4n) is 4.54. The van der Waals surface area contributed by atoms with Crippen LogP contribution in [0.2, 0.25) is 0 Å². The summed E-state index contributed by atoms with van der Waals surface area (Å²) in [5.74, 6) is 0.240. The summed E-state index contributed by atoms with van der Waals surface area (Å²) in [4.78, 5) is 31.3. The van der Waals surface area contributed by atoms with Crippen molar-refractivity contribution >= 4 is 17.9 Å². The minimum absolute atomic E-state index is 0.0123. The SMILES string of the molecule is Cc1nn(-c2ccccc2)c(C)c1/C=C/C(=O)N1CCN(CC(=O)N2CCCCC2)CC1. The van der Waals surface area contributed by atoms with Crippen LogP contribution in [0.3, 0.4) is 0 Å². The van der Waals surface area contributed by atoms with Gasteiger partial charge in [-0.05, 0) is 51.3 Å². The smallest absolute Gasteiger partial charge is 0.246 e. The number of aryl methyl sites for hydroxylation is 1. The highest BCUT2D eigenvalue weighted by Gasteiger charge is 2.24. The van der Waals surface area contributed by atoms with Gasteiger partial charge in [0.05, 0.1) is 17.9 Å². The number of likely N-dealkylation sites (tertiary alicyclic amines) is 1. The number of nitrogens with zero attached hydrogens (tertiary/aromatic N) is 5. The molecule has 2 fully saturated rings. The van der Waals surface area contributed by atoms with Gasteiger partial charge >= 0.3 is 0 Å². The van der Waals surface area contributed by atoms with Crippen LogP contribution in [-0.2, 0) is 9.59 Å². The molecule has 1 aromatic carbocycles. The molecule has 0 bridgehead atoms. The molecule has 7 heteroatoms. The van der Waals surface area contributed by atoms with Crippen LogP contribution in [0.15, 0.2) is 36.4 Å². The summed E-state index contributed by atoms with van der Waals surface area (Å²) in [7, 11) is 0. The van der Waals surface area contributed by atoms with E-state index in [1.807, 2.05) is 64.7 Å². The van der Waals surface area contributed by atoms with Gasteiger partial charge < -0.3 is 9.80 Å². The van der Waals surface area contributed by atoms with Crippen molar-refractivity contribution in [1.29, 1.82) is 0 Å². The Hall–Kier alpha value is -2.93. The average molecular weight is 436 g/mol. The van der Waals surface area contributed by atoms with Crippen molar-refractivity contribution in [3.05, 3.63) is 53.4 Å². The van der Waals surface area contributed by atoms with Crippen molar-refractivity contribution in [2.24, 2.45) is 0 Å². The van der Waals surface area contributed by atoms with Crippen molar-refractivity contribution in [3.8, 4) is 5.69 Å². The normalized spacial score (nSPS) is 17.8. The average Bonchev–Trinajstić information content (AvgIpc) is 3.12. The summed E-state index contributed by atoms with van der Waals surface area (Å²) in [5.41, 5.74) is 3.90. The Balaban J connectivity index is 1.31. The Kier molecular flexibility index (Phi) is 7.05. The lowest BCUT2D eigenvalue weighted by Gasteiger charge is -2.35. The van der Waals surface area contributed by atoms with Crippen LogP contribution in [0.1, 0.15) is 36.2 Å². The van der Waals surface area contributed by atoms with E-state index < -0.39 is 0 Å². The number of rotatable bonds is 5. The van der Waals surface area contributed by atoms with Gasteiger partial charge in [-0.2, -0.15) is 5.10 Å². The van der Waals surface area contributed by atoms with Gasteiger partial charge in [0.1, 0.15) is 0 Å². The Labute approximate surface area is 190 Å². The van der Waals surface area contributed by atoms with Crippen molar-refractivity contribution in [2.45, 2.75) is 33.1 Å². The van der Waals surface area contributed by atoms with E-state index >= 15 is 0 Å². The molecule has 4 rings (SSSR count). The van der Waals surface area contributed by atoms with Gasteiger partial charge in [-0.15, -0.1) is 0 Å². The molecular formula is C25H33N5O2. The Morgan fingerprint density at radius 1 is 0.906 bits per heavy atom. The molecule has 0 N–H and O–H groups in total. The van der Waals surface area contributed by atoms with Gasteiger partial charge in [-0.25, -0.2) is 4.68 Å². The predicted octanol–water partition coefficient (Wildman–Crippen LogP) is 2.66. The van der Waals surface area contributed by atoms with E-state index in [9.17, 15) is 9.59 Å². The Bertz CT molecular complexity index is 968. The number of aromatic nitrogens is 2. The highest BCUT2D eigenvalue weighted by Crippen LogP contribution is 2.19. The van der Waals surface area contributed by atoms with Crippen LogP contribution in [0.4, 0.5) is 0 Å². The van der Waals surface area contributed by atoms with Crippen molar-refractivity contribution < 1.29 is 9.59 Å². The minimum atomic E-state index is 0.0123. The second-order valence-electron chi connectivity index (χ2n) is 8.71. The quantitative estimate of drug-likeness (QED) is 0.678. The second-order valence-corrected chi connectivity index (χ2v) is 8.71. The van der Waals surface area contributed by atoms with E-state index in [0.29, 0.717) is 19.6 Å². The van der Waals surface area contributed by atoms with Crippen LogP contribution in [-0.4, -0.2) is 82.1 Å². The number of benzene rings is 1. The summed E-state index contributed by atoms with van der Waals surface area (Å²) >= 11 is 0. The lowest BCUT2D eigenvalue weighted by Crippen LogP contribution is -2.51. The van der Waals surface area contributed by atoms with E-state index in [4.69, 9.17) is 0 Å². The summed E-state index contributed by atoms with van der Waals surface area (Å²) in [6.45, 7) is 9.02. The van der Waals surface area contributed by atoms with Gasteiger partial charge in [-0.1, -0.05) is 18.2 Å². The second kappa shape index (κ2) is 10.1. The fourth-order valence-corrected chi connectivity index (χ4v) is 4.54. The van der Waals surface area contributed by atoms with Crippen molar-refractivity contribution in [1.82, 2.24) is 24.5 Å². The number of hydrogen-bond acceptors (Lipinski definition) is 4. The Morgan fingerprint density at radius 3 is 2.28 bits per heavy atom. The Morgan fingerprint density at radius 2 is 1.59 bits per heavy atom. The van der Waals surface area contributed by atoms with E-state index in [1.54, 1.807) is 6.08 Å². The zero-order chi connectivity index (χ0) is 22.5. The lowest BCUT2D eigenvalue weighted by molar-refractivity contribution is -0.134. The first-order chi connectivity index (χ1) is 15.5. The maximum atomic E-state index is 12.8. The summed E-state index contributed by atoms with van der Waals surface area (Å²) in [6.07, 6.45) is 6.99. The first-order valence-corrected chi connectivity index (χ1v) is 11.6. The molecule has 32 heavy (non-hydrogen) atoms.